The summed E-state index contributed by atoms with van der Waals surface area (Å²) < 4.78 is 10.5. The number of carbonyl (C=O) groups is 3. The molecular weight excluding hydrogens is 360 g/mol. The number of hydrogen-bond acceptors (Lipinski definition) is 5. The summed E-state index contributed by atoms with van der Waals surface area (Å²) in [5.74, 6) is -0.374. The minimum Gasteiger partial charge on any atom is -0.482 e. The van der Waals surface area contributed by atoms with Gasteiger partial charge in [0.25, 0.3) is 5.91 Å². The molecule has 1 saturated carbocycles. The van der Waals surface area contributed by atoms with Crippen LogP contribution >= 0.6 is 0 Å². The highest BCUT2D eigenvalue weighted by Crippen LogP contribution is 2.23. The van der Waals surface area contributed by atoms with Gasteiger partial charge in [-0.3, -0.25) is 10.1 Å². The Balaban J connectivity index is 1.74. The molecule has 0 aliphatic heterocycles. The van der Waals surface area contributed by atoms with Crippen molar-refractivity contribution in [2.75, 3.05) is 6.61 Å². The van der Waals surface area contributed by atoms with Crippen LogP contribution in [0, 0.1) is 6.92 Å². The standard InChI is InChI=1S/C21H30N2O5/c1-13(2)18-10-9-17(11-14(18)3)27-12-19(24)28-15(4)20(25)23-21(26)22-16-7-5-6-8-16/h9-11,13,15-16H,5-8,12H2,1-4H3,(H2,22,23,25,26)/t15-/m1/s1. The molecular formula is C21H30N2O5. The second kappa shape index (κ2) is 10.1. The maximum atomic E-state index is 12.0. The summed E-state index contributed by atoms with van der Waals surface area (Å²) in [4.78, 5) is 35.7. The molecule has 1 aromatic rings. The van der Waals surface area contributed by atoms with E-state index in [4.69, 9.17) is 9.47 Å². The topological polar surface area (TPSA) is 93.7 Å². The van der Waals surface area contributed by atoms with E-state index in [1.807, 2.05) is 19.1 Å². The van der Waals surface area contributed by atoms with Crippen LogP contribution in [0.25, 0.3) is 0 Å². The highest BCUT2D eigenvalue weighted by molar-refractivity contribution is 5.97. The first-order valence-corrected chi connectivity index (χ1v) is 9.80. The Morgan fingerprint density at radius 2 is 1.82 bits per heavy atom. The van der Waals surface area contributed by atoms with Crippen molar-refractivity contribution in [2.24, 2.45) is 0 Å². The van der Waals surface area contributed by atoms with E-state index in [2.05, 4.69) is 24.5 Å². The van der Waals surface area contributed by atoms with Crippen molar-refractivity contribution in [1.29, 1.82) is 0 Å². The Kier molecular flexibility index (Phi) is 7.84. The van der Waals surface area contributed by atoms with Crippen LogP contribution in [0.3, 0.4) is 0 Å². The number of urea groups is 1. The fourth-order valence-electron chi connectivity index (χ4n) is 3.32. The Morgan fingerprint density at radius 1 is 1.14 bits per heavy atom. The van der Waals surface area contributed by atoms with Gasteiger partial charge in [0.2, 0.25) is 0 Å². The molecule has 0 aromatic heterocycles. The van der Waals surface area contributed by atoms with Crippen molar-refractivity contribution in [3.63, 3.8) is 0 Å². The summed E-state index contributed by atoms with van der Waals surface area (Å²) in [6, 6.07) is 5.19. The summed E-state index contributed by atoms with van der Waals surface area (Å²) in [5.41, 5.74) is 2.30. The molecule has 0 radical (unpaired) electrons. The molecule has 7 heteroatoms. The first kappa shape index (κ1) is 21.7. The van der Waals surface area contributed by atoms with Gasteiger partial charge in [0.1, 0.15) is 5.75 Å². The van der Waals surface area contributed by atoms with E-state index in [0.717, 1.165) is 31.2 Å². The second-order valence-electron chi connectivity index (χ2n) is 7.54. The van der Waals surface area contributed by atoms with Gasteiger partial charge in [0.15, 0.2) is 12.7 Å². The van der Waals surface area contributed by atoms with Crippen molar-refractivity contribution in [2.45, 2.75) is 71.4 Å². The molecule has 28 heavy (non-hydrogen) atoms. The third kappa shape index (κ3) is 6.55. The molecule has 0 saturated heterocycles. The number of ether oxygens (including phenoxy) is 2. The number of benzene rings is 1. The monoisotopic (exact) mass is 390 g/mol. The molecule has 154 valence electrons. The van der Waals surface area contributed by atoms with Crippen LogP contribution in [0.2, 0.25) is 0 Å². The van der Waals surface area contributed by atoms with Crippen molar-refractivity contribution in [1.82, 2.24) is 10.6 Å². The number of aryl methyl sites for hydroxylation is 1. The minimum absolute atomic E-state index is 0.101. The first-order chi connectivity index (χ1) is 13.3. The molecule has 0 spiro atoms. The summed E-state index contributed by atoms with van der Waals surface area (Å²) >= 11 is 0. The number of nitrogens with one attached hydrogen (secondary N) is 2. The van der Waals surface area contributed by atoms with Crippen LogP contribution in [0.5, 0.6) is 5.75 Å². The summed E-state index contributed by atoms with van der Waals surface area (Å²) in [7, 11) is 0. The number of esters is 1. The van der Waals surface area contributed by atoms with E-state index in [1.54, 1.807) is 6.07 Å². The van der Waals surface area contributed by atoms with E-state index in [0.29, 0.717) is 11.7 Å². The van der Waals surface area contributed by atoms with Crippen molar-refractivity contribution >= 4 is 17.9 Å². The number of carbonyl (C=O) groups excluding carboxylic acids is 3. The Hall–Kier alpha value is -2.57. The van der Waals surface area contributed by atoms with Crippen molar-refractivity contribution in [3.05, 3.63) is 29.3 Å². The molecule has 1 atom stereocenters. The highest BCUT2D eigenvalue weighted by atomic mass is 16.6. The maximum Gasteiger partial charge on any atom is 0.344 e. The lowest BCUT2D eigenvalue weighted by Crippen LogP contribution is -2.47. The molecule has 0 bridgehead atoms. The molecule has 1 aliphatic carbocycles. The lowest BCUT2D eigenvalue weighted by molar-refractivity contribution is -0.156. The predicted molar refractivity (Wildman–Crippen MR) is 105 cm³/mol. The van der Waals surface area contributed by atoms with Gasteiger partial charge in [-0.25, -0.2) is 9.59 Å². The van der Waals surface area contributed by atoms with Crippen LogP contribution in [-0.2, 0) is 14.3 Å². The molecule has 3 amide bonds. The summed E-state index contributed by atoms with van der Waals surface area (Å²) in [5, 5.41) is 4.95. The third-order valence-corrected chi connectivity index (χ3v) is 4.82. The number of rotatable bonds is 7. The average Bonchev–Trinajstić information content (AvgIpc) is 3.12. The fraction of sp³-hybridized carbons (Fsp3) is 0.571. The smallest absolute Gasteiger partial charge is 0.344 e. The zero-order valence-electron chi connectivity index (χ0n) is 17.0. The molecule has 1 aliphatic rings. The zero-order valence-corrected chi connectivity index (χ0v) is 17.0. The van der Waals surface area contributed by atoms with Crippen LogP contribution in [-0.4, -0.2) is 36.7 Å². The van der Waals surface area contributed by atoms with Crippen molar-refractivity contribution in [3.8, 4) is 5.75 Å². The van der Waals surface area contributed by atoms with Crippen LogP contribution in [0.4, 0.5) is 4.79 Å². The lowest BCUT2D eigenvalue weighted by Gasteiger charge is -2.16. The molecule has 0 heterocycles. The first-order valence-electron chi connectivity index (χ1n) is 9.80. The molecule has 1 aromatic carbocycles. The van der Waals surface area contributed by atoms with Gasteiger partial charge < -0.3 is 14.8 Å². The normalized spacial score (nSPS) is 15.2. The molecule has 1 fully saturated rings. The predicted octanol–water partition coefficient (Wildman–Crippen LogP) is 3.20. The second-order valence-corrected chi connectivity index (χ2v) is 7.54. The number of hydrogen-bond donors (Lipinski definition) is 2. The van der Waals surface area contributed by atoms with E-state index in [-0.39, 0.29) is 12.6 Å². The number of imide groups is 1. The van der Waals surface area contributed by atoms with Gasteiger partial charge in [0.05, 0.1) is 0 Å². The Bertz CT molecular complexity index is 711. The molecule has 0 unspecified atom stereocenters. The lowest BCUT2D eigenvalue weighted by atomic mass is 9.98. The van der Waals surface area contributed by atoms with Crippen LogP contribution in [0.1, 0.15) is 63.5 Å². The SMILES string of the molecule is Cc1cc(OCC(=O)O[C@H](C)C(=O)NC(=O)NC2CCCC2)ccc1C(C)C. The van der Waals surface area contributed by atoms with Gasteiger partial charge in [-0.05, 0) is 55.9 Å². The van der Waals surface area contributed by atoms with Gasteiger partial charge in [-0.2, -0.15) is 0 Å². The zero-order chi connectivity index (χ0) is 20.7. The van der Waals surface area contributed by atoms with Gasteiger partial charge in [0, 0.05) is 6.04 Å². The van der Waals surface area contributed by atoms with E-state index in [9.17, 15) is 14.4 Å². The average molecular weight is 390 g/mol. The Morgan fingerprint density at radius 3 is 2.43 bits per heavy atom. The van der Waals surface area contributed by atoms with Gasteiger partial charge in [-0.1, -0.05) is 32.8 Å². The highest BCUT2D eigenvalue weighted by Gasteiger charge is 2.22. The number of amides is 3. The van der Waals surface area contributed by atoms with Gasteiger partial charge in [-0.15, -0.1) is 0 Å². The molecule has 2 N–H and O–H groups in total. The molecule has 7 nitrogen and oxygen atoms in total. The van der Waals surface area contributed by atoms with E-state index < -0.39 is 24.0 Å². The maximum absolute atomic E-state index is 12.0. The van der Waals surface area contributed by atoms with E-state index in [1.165, 1.54) is 12.5 Å². The minimum atomic E-state index is -1.09. The van der Waals surface area contributed by atoms with Crippen LogP contribution < -0.4 is 15.4 Å². The summed E-state index contributed by atoms with van der Waals surface area (Å²) in [6.07, 6.45) is 2.90. The quantitative estimate of drug-likeness (QED) is 0.698. The van der Waals surface area contributed by atoms with E-state index >= 15 is 0 Å². The third-order valence-electron chi connectivity index (χ3n) is 4.82. The Labute approximate surface area is 166 Å². The van der Waals surface area contributed by atoms with Crippen LogP contribution in [0.15, 0.2) is 18.2 Å². The fourth-order valence-corrected chi connectivity index (χ4v) is 3.32. The largest absolute Gasteiger partial charge is 0.482 e. The van der Waals surface area contributed by atoms with Crippen molar-refractivity contribution < 1.29 is 23.9 Å². The molecule has 2 rings (SSSR count). The summed E-state index contributed by atoms with van der Waals surface area (Å²) in [6.45, 7) is 7.31. The van der Waals surface area contributed by atoms with Gasteiger partial charge >= 0.3 is 12.0 Å².